The Kier molecular flexibility index (Phi) is 9.02. The number of morpholine rings is 1. The number of rotatable bonds is 8. The normalized spacial score (nSPS) is 20.3. The molecule has 1 amide bonds. The second-order valence-electron chi connectivity index (χ2n) is 9.88. The predicted octanol–water partition coefficient (Wildman–Crippen LogP) is 2.58. The minimum absolute atomic E-state index is 0.0188. The zero-order chi connectivity index (χ0) is 29.5. The summed E-state index contributed by atoms with van der Waals surface area (Å²) in [6, 6.07) is 16.5. The molecule has 2 aliphatic heterocycles. The number of nitrogens with zero attached hydrogens (tertiary/aromatic N) is 7. The van der Waals surface area contributed by atoms with Gasteiger partial charge < -0.3 is 29.7 Å². The van der Waals surface area contributed by atoms with Crippen LogP contribution in [-0.4, -0.2) is 88.6 Å². The molecule has 5 rings (SSSR count). The fourth-order valence-electron chi connectivity index (χ4n) is 4.89. The Morgan fingerprint density at radius 3 is 2.74 bits per heavy atom. The lowest BCUT2D eigenvalue weighted by molar-refractivity contribution is -0.134. The van der Waals surface area contributed by atoms with Gasteiger partial charge in [-0.3, -0.25) is 4.79 Å². The van der Waals surface area contributed by atoms with Crippen molar-refractivity contribution in [3.63, 3.8) is 0 Å². The van der Waals surface area contributed by atoms with Gasteiger partial charge in [-0.1, -0.05) is 0 Å². The molecule has 2 fully saturated rings. The van der Waals surface area contributed by atoms with Gasteiger partial charge in [0.15, 0.2) is 12.0 Å². The summed E-state index contributed by atoms with van der Waals surface area (Å²) in [6.07, 6.45) is -1.16. The molecule has 2 aliphatic rings. The number of aromatic nitrogens is 3. The van der Waals surface area contributed by atoms with Crippen molar-refractivity contribution in [3.05, 3.63) is 54.4 Å². The van der Waals surface area contributed by atoms with Crippen LogP contribution in [0.4, 0.5) is 21.7 Å². The summed E-state index contributed by atoms with van der Waals surface area (Å²) in [4.78, 5) is 28.3. The van der Waals surface area contributed by atoms with E-state index >= 15 is 0 Å². The SMILES string of the molecule is N#CCC(=O)N1CCC(Oc2ccc(-c3ncnc(Nc4ccc(N5CCO[C@@H](CO)C5)cc4)n3)cc2C#N)[C@H](F)C1. The Bertz CT molecular complexity index is 1490. The second-order valence-corrected chi connectivity index (χ2v) is 9.88. The zero-order valence-electron chi connectivity index (χ0n) is 22.7. The molecule has 1 unspecified atom stereocenters. The predicted molar refractivity (Wildman–Crippen MR) is 149 cm³/mol. The van der Waals surface area contributed by atoms with Crippen LogP contribution in [0.15, 0.2) is 48.8 Å². The molecule has 0 spiro atoms. The molecule has 3 atom stereocenters. The Morgan fingerprint density at radius 1 is 1.17 bits per heavy atom. The molecule has 0 saturated carbocycles. The average molecular weight is 573 g/mol. The number of halogens is 1. The first-order chi connectivity index (χ1) is 20.5. The van der Waals surface area contributed by atoms with Crippen LogP contribution in [0.1, 0.15) is 18.4 Å². The molecule has 0 bridgehead atoms. The Labute approximate surface area is 242 Å². The third-order valence-electron chi connectivity index (χ3n) is 7.10. The van der Waals surface area contributed by atoms with Gasteiger partial charge in [-0.2, -0.15) is 15.5 Å². The summed E-state index contributed by atoms with van der Waals surface area (Å²) < 4.78 is 26.2. The summed E-state index contributed by atoms with van der Waals surface area (Å²) >= 11 is 0. The number of carbonyl (C=O) groups excluding carboxylic acids is 1. The van der Waals surface area contributed by atoms with E-state index in [9.17, 15) is 19.6 Å². The maximum absolute atomic E-state index is 14.8. The summed E-state index contributed by atoms with van der Waals surface area (Å²) in [7, 11) is 0. The van der Waals surface area contributed by atoms with Crippen molar-refractivity contribution in [1.29, 1.82) is 10.5 Å². The van der Waals surface area contributed by atoms with Crippen LogP contribution in [0, 0.1) is 22.7 Å². The van der Waals surface area contributed by atoms with E-state index in [0.717, 1.165) is 17.9 Å². The number of aliphatic hydroxyl groups is 1. The van der Waals surface area contributed by atoms with E-state index in [1.807, 2.05) is 24.3 Å². The number of nitriles is 2. The molecule has 13 heteroatoms. The van der Waals surface area contributed by atoms with E-state index in [2.05, 4.69) is 31.2 Å². The van der Waals surface area contributed by atoms with Crippen molar-refractivity contribution in [1.82, 2.24) is 19.9 Å². The molecule has 2 saturated heterocycles. The van der Waals surface area contributed by atoms with Crippen LogP contribution < -0.4 is 15.0 Å². The lowest BCUT2D eigenvalue weighted by Gasteiger charge is -2.34. The van der Waals surface area contributed by atoms with Crippen molar-refractivity contribution < 1.29 is 23.8 Å². The Balaban J connectivity index is 1.24. The van der Waals surface area contributed by atoms with Crippen LogP contribution in [-0.2, 0) is 9.53 Å². The summed E-state index contributed by atoms with van der Waals surface area (Å²) in [5.41, 5.74) is 2.53. The van der Waals surface area contributed by atoms with Gasteiger partial charge in [-0.15, -0.1) is 0 Å². The van der Waals surface area contributed by atoms with Gasteiger partial charge in [0, 0.05) is 43.0 Å². The molecule has 3 aromatic rings. The number of piperidine rings is 1. The Hall–Kier alpha value is -4.85. The maximum atomic E-state index is 14.8. The molecule has 0 aliphatic carbocycles. The number of anilines is 3. The maximum Gasteiger partial charge on any atom is 0.236 e. The minimum Gasteiger partial charge on any atom is -0.486 e. The standard InChI is InChI=1S/C29H29FN8O4/c30-24-16-38(27(40)7-9-31)10-8-26(24)42-25-6-1-19(13-20(25)14-32)28-33-18-34-29(36-28)35-21-2-4-22(5-3-21)37-11-12-41-23(15-37)17-39/h1-6,13,18,23-24,26,39H,7-8,10-12,15-17H2,(H,33,34,35,36)/t23-,24-,26?/m1/s1. The molecular weight excluding hydrogens is 543 g/mol. The van der Waals surface area contributed by atoms with Crippen molar-refractivity contribution in [2.24, 2.45) is 0 Å². The number of amides is 1. The molecule has 12 nitrogen and oxygen atoms in total. The first-order valence-electron chi connectivity index (χ1n) is 13.5. The van der Waals surface area contributed by atoms with E-state index in [1.165, 1.54) is 11.2 Å². The third-order valence-corrected chi connectivity index (χ3v) is 7.10. The van der Waals surface area contributed by atoms with E-state index in [4.69, 9.17) is 14.7 Å². The molecule has 1 aromatic heterocycles. The third kappa shape index (κ3) is 6.71. The van der Waals surface area contributed by atoms with Crippen LogP contribution in [0.5, 0.6) is 5.75 Å². The van der Waals surface area contributed by atoms with E-state index in [-0.39, 0.29) is 50.0 Å². The Morgan fingerprint density at radius 2 is 2.00 bits per heavy atom. The van der Waals surface area contributed by atoms with Crippen molar-refractivity contribution in [3.8, 4) is 29.3 Å². The van der Waals surface area contributed by atoms with Crippen LogP contribution in [0.3, 0.4) is 0 Å². The average Bonchev–Trinajstić information content (AvgIpc) is 3.02. The molecule has 2 N–H and O–H groups in total. The highest BCUT2D eigenvalue weighted by atomic mass is 19.1. The fourth-order valence-corrected chi connectivity index (χ4v) is 4.89. The monoisotopic (exact) mass is 572 g/mol. The van der Waals surface area contributed by atoms with Gasteiger partial charge in [-0.05, 0) is 42.5 Å². The molecule has 0 radical (unpaired) electrons. The van der Waals surface area contributed by atoms with Gasteiger partial charge in [0.2, 0.25) is 11.9 Å². The number of benzene rings is 2. The molecule has 2 aromatic carbocycles. The van der Waals surface area contributed by atoms with Crippen molar-refractivity contribution >= 4 is 23.2 Å². The zero-order valence-corrected chi connectivity index (χ0v) is 22.7. The van der Waals surface area contributed by atoms with E-state index in [1.54, 1.807) is 24.3 Å². The van der Waals surface area contributed by atoms with E-state index < -0.39 is 18.2 Å². The largest absolute Gasteiger partial charge is 0.486 e. The van der Waals surface area contributed by atoms with Gasteiger partial charge in [0.1, 0.15) is 30.7 Å². The van der Waals surface area contributed by atoms with Crippen molar-refractivity contribution in [2.75, 3.05) is 49.6 Å². The number of hydrogen-bond acceptors (Lipinski definition) is 11. The number of aliphatic hydroxyl groups excluding tert-OH is 1. The highest BCUT2D eigenvalue weighted by Crippen LogP contribution is 2.29. The molecule has 216 valence electrons. The highest BCUT2D eigenvalue weighted by Gasteiger charge is 2.33. The summed E-state index contributed by atoms with van der Waals surface area (Å²) in [5.74, 6) is 0.470. The topological polar surface area (TPSA) is 161 Å². The molecule has 3 heterocycles. The van der Waals surface area contributed by atoms with Gasteiger partial charge in [0.05, 0.1) is 37.5 Å². The molecular formula is C29H29FN8O4. The molecule has 42 heavy (non-hydrogen) atoms. The summed E-state index contributed by atoms with van der Waals surface area (Å²) in [5, 5.41) is 31.0. The number of nitrogens with one attached hydrogen (secondary N) is 1. The number of carbonyl (C=O) groups is 1. The summed E-state index contributed by atoms with van der Waals surface area (Å²) in [6.45, 7) is 2.01. The lowest BCUT2D eigenvalue weighted by Crippen LogP contribution is -2.49. The number of hydrogen-bond donors (Lipinski definition) is 2. The second kappa shape index (κ2) is 13.2. The first kappa shape index (κ1) is 28.7. The van der Waals surface area contributed by atoms with Gasteiger partial charge in [-0.25, -0.2) is 14.4 Å². The van der Waals surface area contributed by atoms with Crippen molar-refractivity contribution in [2.45, 2.75) is 31.2 Å². The number of ether oxygens (including phenoxy) is 2. The number of likely N-dealkylation sites (tertiary alicyclic amines) is 1. The number of alkyl halides is 1. The van der Waals surface area contributed by atoms with Gasteiger partial charge in [0.25, 0.3) is 0 Å². The minimum atomic E-state index is -1.45. The van der Waals surface area contributed by atoms with E-state index in [0.29, 0.717) is 30.5 Å². The highest BCUT2D eigenvalue weighted by molar-refractivity contribution is 5.78. The quantitative estimate of drug-likeness (QED) is 0.408. The van der Waals surface area contributed by atoms with Gasteiger partial charge >= 0.3 is 0 Å². The first-order valence-corrected chi connectivity index (χ1v) is 13.5. The fraction of sp³-hybridized carbons (Fsp3) is 0.379. The van der Waals surface area contributed by atoms with Crippen LogP contribution >= 0.6 is 0 Å². The van der Waals surface area contributed by atoms with Crippen LogP contribution in [0.2, 0.25) is 0 Å². The lowest BCUT2D eigenvalue weighted by atomic mass is 10.0. The van der Waals surface area contributed by atoms with Crippen LogP contribution in [0.25, 0.3) is 11.4 Å². The smallest absolute Gasteiger partial charge is 0.236 e.